The first-order chi connectivity index (χ1) is 16.1. The first kappa shape index (κ1) is 20.2. The lowest BCUT2D eigenvalue weighted by Crippen LogP contribution is -2.10. The molecule has 3 N–H and O–H groups in total. The van der Waals surface area contributed by atoms with Crippen LogP contribution in [0.1, 0.15) is 16.1 Å². The van der Waals surface area contributed by atoms with Crippen LogP contribution >= 0.6 is 0 Å². The van der Waals surface area contributed by atoms with Crippen LogP contribution in [0.5, 0.6) is 0 Å². The van der Waals surface area contributed by atoms with Crippen molar-refractivity contribution in [2.75, 3.05) is 16.0 Å². The van der Waals surface area contributed by atoms with Crippen molar-refractivity contribution < 1.29 is 9.21 Å². The van der Waals surface area contributed by atoms with Crippen LogP contribution < -0.4 is 16.0 Å². The number of carbonyl (C=O) groups is 1. The number of hydrogen-bond acceptors (Lipinski definition) is 7. The predicted octanol–water partition coefficient (Wildman–Crippen LogP) is 5.67. The molecule has 2 aromatic carbocycles. The molecule has 0 saturated carbocycles. The van der Waals surface area contributed by atoms with Crippen LogP contribution in [0.3, 0.4) is 0 Å². The number of para-hydroxylation sites is 1. The lowest BCUT2D eigenvalue weighted by molar-refractivity contribution is 0.0998. The highest BCUT2D eigenvalue weighted by Gasteiger charge is 2.12. The van der Waals surface area contributed by atoms with Crippen molar-refractivity contribution in [3.05, 3.63) is 96.6 Å². The second kappa shape index (κ2) is 8.80. The molecule has 162 valence electrons. The van der Waals surface area contributed by atoms with Crippen LogP contribution in [0.25, 0.3) is 11.0 Å². The molecule has 5 aromatic rings. The van der Waals surface area contributed by atoms with E-state index >= 15 is 0 Å². The van der Waals surface area contributed by atoms with Crippen molar-refractivity contribution in [1.29, 1.82) is 0 Å². The SMILES string of the molecule is Cc1ccnc(Nc2cc(Nc3ccc(NC(=O)c4cc5ccccc5o4)cc3)ncn2)c1. The van der Waals surface area contributed by atoms with Gasteiger partial charge in [0.2, 0.25) is 0 Å². The summed E-state index contributed by atoms with van der Waals surface area (Å²) in [6.07, 6.45) is 3.22. The number of fused-ring (bicyclic) bond motifs is 1. The average Bonchev–Trinajstić information content (AvgIpc) is 3.25. The summed E-state index contributed by atoms with van der Waals surface area (Å²) in [6.45, 7) is 2.00. The smallest absolute Gasteiger partial charge is 0.291 e. The molecule has 3 aromatic heterocycles. The molecule has 0 unspecified atom stereocenters. The topological polar surface area (TPSA) is 105 Å². The van der Waals surface area contributed by atoms with Gasteiger partial charge in [-0.05, 0) is 61.0 Å². The van der Waals surface area contributed by atoms with Gasteiger partial charge < -0.3 is 20.4 Å². The van der Waals surface area contributed by atoms with E-state index in [1.165, 1.54) is 6.33 Å². The number of pyridine rings is 1. The zero-order valence-electron chi connectivity index (χ0n) is 17.7. The third-order valence-electron chi connectivity index (χ3n) is 4.90. The molecule has 0 radical (unpaired) electrons. The molecule has 0 bridgehead atoms. The summed E-state index contributed by atoms with van der Waals surface area (Å²) in [5.74, 6) is 1.93. The first-order valence-electron chi connectivity index (χ1n) is 10.3. The van der Waals surface area contributed by atoms with Gasteiger partial charge in [-0.25, -0.2) is 15.0 Å². The van der Waals surface area contributed by atoms with E-state index in [1.807, 2.05) is 55.5 Å². The van der Waals surface area contributed by atoms with Gasteiger partial charge in [0, 0.05) is 29.0 Å². The maximum absolute atomic E-state index is 12.5. The minimum Gasteiger partial charge on any atom is -0.451 e. The monoisotopic (exact) mass is 436 g/mol. The normalized spacial score (nSPS) is 10.7. The van der Waals surface area contributed by atoms with E-state index in [-0.39, 0.29) is 11.7 Å². The van der Waals surface area contributed by atoms with Crippen molar-refractivity contribution in [2.45, 2.75) is 6.92 Å². The van der Waals surface area contributed by atoms with Gasteiger partial charge in [0.05, 0.1) is 0 Å². The van der Waals surface area contributed by atoms with Crippen molar-refractivity contribution >= 4 is 45.7 Å². The highest BCUT2D eigenvalue weighted by molar-refractivity contribution is 6.04. The Hall–Kier alpha value is -4.72. The summed E-state index contributed by atoms with van der Waals surface area (Å²) in [6, 6.07) is 22.2. The molecule has 0 aliphatic heterocycles. The van der Waals surface area contributed by atoms with E-state index in [2.05, 4.69) is 30.9 Å². The molecule has 0 spiro atoms. The van der Waals surface area contributed by atoms with E-state index in [0.29, 0.717) is 28.7 Å². The molecular formula is C25H20N6O2. The largest absolute Gasteiger partial charge is 0.451 e. The summed E-state index contributed by atoms with van der Waals surface area (Å²) < 4.78 is 5.62. The number of benzene rings is 2. The summed E-state index contributed by atoms with van der Waals surface area (Å²) >= 11 is 0. The Bertz CT molecular complexity index is 1400. The quantitative estimate of drug-likeness (QED) is 0.315. The Labute approximate surface area is 189 Å². The molecule has 0 aliphatic rings. The third-order valence-corrected chi connectivity index (χ3v) is 4.90. The zero-order valence-corrected chi connectivity index (χ0v) is 17.7. The Morgan fingerprint density at radius 3 is 2.30 bits per heavy atom. The highest BCUT2D eigenvalue weighted by atomic mass is 16.3. The van der Waals surface area contributed by atoms with Crippen molar-refractivity contribution in [1.82, 2.24) is 15.0 Å². The number of carbonyl (C=O) groups excluding carboxylic acids is 1. The predicted molar refractivity (Wildman–Crippen MR) is 128 cm³/mol. The number of amides is 1. The van der Waals surface area contributed by atoms with Gasteiger partial charge in [-0.15, -0.1) is 0 Å². The number of anilines is 5. The number of aromatic nitrogens is 3. The van der Waals surface area contributed by atoms with E-state index in [9.17, 15) is 4.79 Å². The molecule has 0 aliphatic carbocycles. The van der Waals surface area contributed by atoms with Gasteiger partial charge >= 0.3 is 0 Å². The van der Waals surface area contributed by atoms with Crippen molar-refractivity contribution in [3.8, 4) is 0 Å². The minimum absolute atomic E-state index is 0.266. The fourth-order valence-corrected chi connectivity index (χ4v) is 3.30. The van der Waals surface area contributed by atoms with E-state index < -0.39 is 0 Å². The van der Waals surface area contributed by atoms with E-state index in [1.54, 1.807) is 30.5 Å². The minimum atomic E-state index is -0.303. The van der Waals surface area contributed by atoms with Crippen LogP contribution in [0.2, 0.25) is 0 Å². The second-order valence-corrected chi connectivity index (χ2v) is 7.44. The van der Waals surface area contributed by atoms with Crippen LogP contribution in [-0.2, 0) is 0 Å². The zero-order chi connectivity index (χ0) is 22.6. The first-order valence-corrected chi connectivity index (χ1v) is 10.3. The number of rotatable bonds is 6. The molecule has 8 heteroatoms. The molecule has 8 nitrogen and oxygen atoms in total. The summed E-state index contributed by atoms with van der Waals surface area (Å²) in [5, 5.41) is 10.1. The van der Waals surface area contributed by atoms with Gasteiger partial charge in [-0.2, -0.15) is 0 Å². The van der Waals surface area contributed by atoms with Crippen LogP contribution in [0.4, 0.5) is 28.8 Å². The number of nitrogens with one attached hydrogen (secondary N) is 3. The summed E-state index contributed by atoms with van der Waals surface area (Å²) in [5.41, 5.74) is 3.25. The molecule has 5 rings (SSSR count). The average molecular weight is 436 g/mol. The molecule has 3 heterocycles. The highest BCUT2D eigenvalue weighted by Crippen LogP contribution is 2.22. The second-order valence-electron chi connectivity index (χ2n) is 7.44. The lowest BCUT2D eigenvalue weighted by atomic mass is 10.2. The molecule has 33 heavy (non-hydrogen) atoms. The maximum atomic E-state index is 12.5. The van der Waals surface area contributed by atoms with Gasteiger partial charge in [0.1, 0.15) is 29.4 Å². The third kappa shape index (κ3) is 4.80. The van der Waals surface area contributed by atoms with Gasteiger partial charge in [0.25, 0.3) is 5.91 Å². The molecule has 0 saturated heterocycles. The van der Waals surface area contributed by atoms with Gasteiger partial charge in [-0.3, -0.25) is 4.79 Å². The molecule has 0 atom stereocenters. The molecule has 0 fully saturated rings. The molecular weight excluding hydrogens is 416 g/mol. The van der Waals surface area contributed by atoms with Crippen LogP contribution in [-0.4, -0.2) is 20.9 Å². The Kier molecular flexibility index (Phi) is 5.38. The summed E-state index contributed by atoms with van der Waals surface area (Å²) in [4.78, 5) is 25.3. The van der Waals surface area contributed by atoms with E-state index in [0.717, 1.165) is 16.6 Å². The maximum Gasteiger partial charge on any atom is 0.291 e. The van der Waals surface area contributed by atoms with E-state index in [4.69, 9.17) is 4.42 Å². The number of aryl methyl sites for hydroxylation is 1. The lowest BCUT2D eigenvalue weighted by Gasteiger charge is -2.09. The van der Waals surface area contributed by atoms with Crippen LogP contribution in [0.15, 0.2) is 89.7 Å². The Balaban J connectivity index is 1.24. The fraction of sp³-hybridized carbons (Fsp3) is 0.0400. The van der Waals surface area contributed by atoms with Gasteiger partial charge in [-0.1, -0.05) is 18.2 Å². The number of furan rings is 1. The molecule has 1 amide bonds. The standard InChI is InChI=1S/C25H20N6O2/c1-16-10-11-26-22(12-16)31-24-14-23(27-15-28-24)29-18-6-8-19(9-7-18)30-25(32)21-13-17-4-2-3-5-20(17)33-21/h2-15H,1H3,(H,30,32)(H2,26,27,28,29,31). The van der Waals surface area contributed by atoms with Crippen molar-refractivity contribution in [3.63, 3.8) is 0 Å². The number of hydrogen-bond donors (Lipinski definition) is 3. The fourth-order valence-electron chi connectivity index (χ4n) is 3.30. The summed E-state index contributed by atoms with van der Waals surface area (Å²) in [7, 11) is 0. The van der Waals surface area contributed by atoms with Crippen molar-refractivity contribution in [2.24, 2.45) is 0 Å². The van der Waals surface area contributed by atoms with Crippen LogP contribution in [0, 0.1) is 6.92 Å². The Morgan fingerprint density at radius 1 is 0.788 bits per heavy atom. The van der Waals surface area contributed by atoms with Gasteiger partial charge in [0.15, 0.2) is 5.76 Å². The Morgan fingerprint density at radius 2 is 1.52 bits per heavy atom. The number of nitrogens with zero attached hydrogens (tertiary/aromatic N) is 3.